The van der Waals surface area contributed by atoms with E-state index in [9.17, 15) is 4.79 Å². The van der Waals surface area contributed by atoms with Crippen LogP contribution in [0.25, 0.3) is 11.1 Å². The van der Waals surface area contributed by atoms with Gasteiger partial charge in [0.2, 0.25) is 0 Å². The Morgan fingerprint density at radius 3 is 2.17 bits per heavy atom. The first-order chi connectivity index (χ1) is 8.81. The highest BCUT2D eigenvalue weighted by Crippen LogP contribution is 2.19. The van der Waals surface area contributed by atoms with Gasteiger partial charge in [-0.3, -0.25) is 4.79 Å². The lowest BCUT2D eigenvalue weighted by Gasteiger charge is -2.04. The third-order valence-electron chi connectivity index (χ3n) is 2.92. The maximum absolute atomic E-state index is 11.8. The fraction of sp³-hybridized carbons (Fsp3) is 0.188. The predicted molar refractivity (Wildman–Crippen MR) is 74.8 cm³/mol. The molecule has 0 aliphatic rings. The Balaban J connectivity index is 2.13. The van der Waals surface area contributed by atoms with Crippen molar-refractivity contribution in [2.75, 3.05) is 13.6 Å². The number of carbonyl (C=O) groups is 1. The van der Waals surface area contributed by atoms with Crippen molar-refractivity contribution in [1.29, 1.82) is 0 Å². The van der Waals surface area contributed by atoms with E-state index in [1.807, 2.05) is 49.5 Å². The van der Waals surface area contributed by atoms with Gasteiger partial charge in [0.25, 0.3) is 0 Å². The Kier molecular flexibility index (Phi) is 4.26. The molecule has 0 aromatic heterocycles. The van der Waals surface area contributed by atoms with Crippen LogP contribution < -0.4 is 5.32 Å². The lowest BCUT2D eigenvalue weighted by Crippen LogP contribution is -2.12. The Morgan fingerprint density at radius 2 is 1.56 bits per heavy atom. The Hall–Kier alpha value is -1.93. The quantitative estimate of drug-likeness (QED) is 0.812. The van der Waals surface area contributed by atoms with Crippen molar-refractivity contribution >= 4 is 5.78 Å². The molecule has 0 aliphatic carbocycles. The zero-order valence-electron chi connectivity index (χ0n) is 10.5. The van der Waals surface area contributed by atoms with E-state index in [0.29, 0.717) is 6.42 Å². The Morgan fingerprint density at radius 1 is 0.944 bits per heavy atom. The van der Waals surface area contributed by atoms with Crippen molar-refractivity contribution < 1.29 is 4.79 Å². The minimum Gasteiger partial charge on any atom is -0.319 e. The summed E-state index contributed by atoms with van der Waals surface area (Å²) in [6.45, 7) is 0.721. The molecule has 0 radical (unpaired) electrons. The van der Waals surface area contributed by atoms with Crippen LogP contribution in [0.5, 0.6) is 0 Å². The molecule has 18 heavy (non-hydrogen) atoms. The normalized spacial score (nSPS) is 10.3. The van der Waals surface area contributed by atoms with Gasteiger partial charge in [-0.05, 0) is 18.2 Å². The standard InChI is InChI=1S/C16H17NO/c1-17-12-11-16(18)15-9-7-14(8-10-15)13-5-3-2-4-6-13/h2-10,17H,11-12H2,1H3. The van der Waals surface area contributed by atoms with Crippen LogP contribution in [0.2, 0.25) is 0 Å². The Labute approximate surface area is 108 Å². The van der Waals surface area contributed by atoms with Crippen molar-refractivity contribution in [2.24, 2.45) is 0 Å². The van der Waals surface area contributed by atoms with Crippen LogP contribution in [0.1, 0.15) is 16.8 Å². The van der Waals surface area contributed by atoms with Crippen LogP contribution in [0.3, 0.4) is 0 Å². The molecule has 92 valence electrons. The first-order valence-corrected chi connectivity index (χ1v) is 6.14. The maximum atomic E-state index is 11.8. The van der Waals surface area contributed by atoms with Gasteiger partial charge in [0.15, 0.2) is 5.78 Å². The van der Waals surface area contributed by atoms with Crippen LogP contribution in [-0.2, 0) is 0 Å². The molecular weight excluding hydrogens is 222 g/mol. The maximum Gasteiger partial charge on any atom is 0.164 e. The molecule has 0 spiro atoms. The van der Waals surface area contributed by atoms with E-state index in [1.165, 1.54) is 5.56 Å². The summed E-state index contributed by atoms with van der Waals surface area (Å²) < 4.78 is 0. The number of benzene rings is 2. The Bertz CT molecular complexity index is 502. The molecule has 0 atom stereocenters. The molecule has 0 amide bonds. The summed E-state index contributed by atoms with van der Waals surface area (Å²) in [6, 6.07) is 18.0. The highest BCUT2D eigenvalue weighted by atomic mass is 16.1. The molecule has 1 N–H and O–H groups in total. The minimum absolute atomic E-state index is 0.184. The number of rotatable bonds is 5. The second kappa shape index (κ2) is 6.12. The van der Waals surface area contributed by atoms with Gasteiger partial charge in [-0.15, -0.1) is 0 Å². The van der Waals surface area contributed by atoms with Crippen LogP contribution in [0.15, 0.2) is 54.6 Å². The highest BCUT2D eigenvalue weighted by Gasteiger charge is 2.05. The minimum atomic E-state index is 0.184. The summed E-state index contributed by atoms with van der Waals surface area (Å²) in [6.07, 6.45) is 0.543. The van der Waals surface area contributed by atoms with Crippen LogP contribution in [-0.4, -0.2) is 19.4 Å². The summed E-state index contributed by atoms with van der Waals surface area (Å²) in [4.78, 5) is 11.8. The molecule has 2 heteroatoms. The molecule has 2 nitrogen and oxygen atoms in total. The topological polar surface area (TPSA) is 29.1 Å². The van der Waals surface area contributed by atoms with Crippen molar-refractivity contribution in [3.63, 3.8) is 0 Å². The van der Waals surface area contributed by atoms with E-state index in [4.69, 9.17) is 0 Å². The number of hydrogen-bond donors (Lipinski definition) is 1. The van der Waals surface area contributed by atoms with Gasteiger partial charge in [0.05, 0.1) is 0 Å². The van der Waals surface area contributed by atoms with Gasteiger partial charge in [-0.1, -0.05) is 54.6 Å². The summed E-state index contributed by atoms with van der Waals surface area (Å²) >= 11 is 0. The van der Waals surface area contributed by atoms with Crippen molar-refractivity contribution in [3.8, 4) is 11.1 Å². The molecule has 0 heterocycles. The highest BCUT2D eigenvalue weighted by molar-refractivity contribution is 5.96. The molecular formula is C16H17NO. The summed E-state index contributed by atoms with van der Waals surface area (Å²) in [5.74, 6) is 0.184. The van der Waals surface area contributed by atoms with Gasteiger partial charge < -0.3 is 5.32 Å². The van der Waals surface area contributed by atoms with E-state index in [-0.39, 0.29) is 5.78 Å². The third kappa shape index (κ3) is 3.05. The fourth-order valence-corrected chi connectivity index (χ4v) is 1.86. The van der Waals surface area contributed by atoms with Crippen LogP contribution >= 0.6 is 0 Å². The fourth-order valence-electron chi connectivity index (χ4n) is 1.86. The summed E-state index contributed by atoms with van der Waals surface area (Å²) in [7, 11) is 1.85. The van der Waals surface area contributed by atoms with Gasteiger partial charge in [-0.25, -0.2) is 0 Å². The molecule has 2 aromatic carbocycles. The first-order valence-electron chi connectivity index (χ1n) is 6.14. The first kappa shape index (κ1) is 12.5. The van der Waals surface area contributed by atoms with E-state index < -0.39 is 0 Å². The number of ketones is 1. The second-order valence-electron chi connectivity index (χ2n) is 4.22. The molecule has 0 unspecified atom stereocenters. The molecule has 2 aromatic rings. The lowest BCUT2D eigenvalue weighted by atomic mass is 10.0. The molecule has 0 saturated carbocycles. The third-order valence-corrected chi connectivity index (χ3v) is 2.92. The van der Waals surface area contributed by atoms with E-state index in [2.05, 4.69) is 17.4 Å². The summed E-state index contributed by atoms with van der Waals surface area (Å²) in [5, 5.41) is 2.98. The zero-order chi connectivity index (χ0) is 12.8. The molecule has 2 rings (SSSR count). The monoisotopic (exact) mass is 239 g/mol. The van der Waals surface area contributed by atoms with E-state index in [1.54, 1.807) is 0 Å². The van der Waals surface area contributed by atoms with Gasteiger partial charge in [0.1, 0.15) is 0 Å². The average Bonchev–Trinajstić information content (AvgIpc) is 2.46. The summed E-state index contributed by atoms with van der Waals surface area (Å²) in [5.41, 5.74) is 3.09. The van der Waals surface area contributed by atoms with Gasteiger partial charge in [-0.2, -0.15) is 0 Å². The number of nitrogens with one attached hydrogen (secondary N) is 1. The van der Waals surface area contributed by atoms with Crippen LogP contribution in [0, 0.1) is 0 Å². The van der Waals surface area contributed by atoms with Gasteiger partial charge >= 0.3 is 0 Å². The smallest absolute Gasteiger partial charge is 0.164 e. The van der Waals surface area contributed by atoms with Gasteiger partial charge in [0, 0.05) is 18.5 Å². The van der Waals surface area contributed by atoms with Crippen LogP contribution in [0.4, 0.5) is 0 Å². The van der Waals surface area contributed by atoms with Crippen molar-refractivity contribution in [2.45, 2.75) is 6.42 Å². The van der Waals surface area contributed by atoms with Crippen molar-refractivity contribution in [3.05, 3.63) is 60.2 Å². The molecule has 0 saturated heterocycles. The zero-order valence-corrected chi connectivity index (χ0v) is 10.5. The number of hydrogen-bond acceptors (Lipinski definition) is 2. The SMILES string of the molecule is CNCCC(=O)c1ccc(-c2ccccc2)cc1. The van der Waals surface area contributed by atoms with E-state index >= 15 is 0 Å². The van der Waals surface area contributed by atoms with E-state index in [0.717, 1.165) is 17.7 Å². The number of Topliss-reactive ketones (excluding diaryl/α,β-unsaturated/α-hetero) is 1. The molecule has 0 fully saturated rings. The van der Waals surface area contributed by atoms with Crippen molar-refractivity contribution in [1.82, 2.24) is 5.32 Å². The predicted octanol–water partition coefficient (Wildman–Crippen LogP) is 3.15. The largest absolute Gasteiger partial charge is 0.319 e. The number of carbonyl (C=O) groups excluding carboxylic acids is 1. The average molecular weight is 239 g/mol. The molecule has 0 aliphatic heterocycles. The second-order valence-corrected chi connectivity index (χ2v) is 4.22. The molecule has 0 bridgehead atoms. The lowest BCUT2D eigenvalue weighted by molar-refractivity contribution is 0.0983.